The lowest BCUT2D eigenvalue weighted by Crippen LogP contribution is -2.30. The second-order valence-electron chi connectivity index (χ2n) is 5.25. The van der Waals surface area contributed by atoms with Gasteiger partial charge in [0.15, 0.2) is 17.6 Å². The van der Waals surface area contributed by atoms with Crippen molar-refractivity contribution in [3.63, 3.8) is 0 Å². The van der Waals surface area contributed by atoms with Gasteiger partial charge in [-0.15, -0.1) is 0 Å². The van der Waals surface area contributed by atoms with Crippen LogP contribution in [0.4, 0.5) is 5.69 Å². The summed E-state index contributed by atoms with van der Waals surface area (Å²) in [5.74, 6) is -1.57. The average molecular weight is 416 g/mol. The number of carbonyl (C=O) groups excluding carboxylic acids is 3. The van der Waals surface area contributed by atoms with E-state index >= 15 is 0 Å². The molecule has 1 N–H and O–H groups in total. The summed E-state index contributed by atoms with van der Waals surface area (Å²) in [6.07, 6.45) is 0.0375. The van der Waals surface area contributed by atoms with E-state index in [-0.39, 0.29) is 26.5 Å². The Hall–Kier alpha value is -2.15. The maximum Gasteiger partial charge on any atom is 0.359 e. The molecule has 0 radical (unpaired) electrons. The van der Waals surface area contributed by atoms with Gasteiger partial charge < -0.3 is 10.1 Å². The van der Waals surface area contributed by atoms with E-state index in [0.717, 1.165) is 6.20 Å². The van der Waals surface area contributed by atoms with Crippen molar-refractivity contribution < 1.29 is 19.1 Å². The lowest BCUT2D eigenvalue weighted by Gasteiger charge is -2.14. The molecule has 0 bridgehead atoms. The molecule has 1 aromatic heterocycles. The summed E-state index contributed by atoms with van der Waals surface area (Å²) >= 11 is 17.5. The summed E-state index contributed by atoms with van der Waals surface area (Å²) in [6, 6.07) is 6.29. The van der Waals surface area contributed by atoms with Crippen molar-refractivity contribution in [1.29, 1.82) is 0 Å². The fourth-order valence-electron chi connectivity index (χ4n) is 1.89. The molecule has 0 saturated heterocycles. The number of Topliss-reactive ketones (excluding diaryl/α,β-unsaturated/α-hetero) is 1. The highest BCUT2D eigenvalue weighted by atomic mass is 35.5. The van der Waals surface area contributed by atoms with Crippen LogP contribution in [-0.2, 0) is 9.53 Å². The molecular weight excluding hydrogens is 403 g/mol. The largest absolute Gasteiger partial charge is 0.448 e. The first kappa shape index (κ1) is 20.2. The molecule has 0 saturated carbocycles. The predicted molar refractivity (Wildman–Crippen MR) is 99.2 cm³/mol. The highest BCUT2D eigenvalue weighted by Gasteiger charge is 2.23. The van der Waals surface area contributed by atoms with Crippen LogP contribution in [0.15, 0.2) is 30.5 Å². The SMILES string of the molecule is CC(=O)c1ccc(NC(=O)[C@@H](C)OC(=O)c2ncc(Cl)c(Cl)c2Cl)cc1. The first-order valence-corrected chi connectivity index (χ1v) is 8.46. The molecule has 6 nitrogen and oxygen atoms in total. The Morgan fingerprint density at radius 2 is 1.69 bits per heavy atom. The molecule has 1 amide bonds. The van der Waals surface area contributed by atoms with E-state index in [9.17, 15) is 14.4 Å². The Labute approximate surface area is 164 Å². The zero-order valence-corrected chi connectivity index (χ0v) is 15.9. The Morgan fingerprint density at radius 1 is 1.08 bits per heavy atom. The average Bonchev–Trinajstić information content (AvgIpc) is 2.60. The van der Waals surface area contributed by atoms with Gasteiger partial charge in [0.05, 0.1) is 15.1 Å². The highest BCUT2D eigenvalue weighted by molar-refractivity contribution is 6.48. The Morgan fingerprint density at radius 3 is 2.27 bits per heavy atom. The summed E-state index contributed by atoms with van der Waals surface area (Å²) < 4.78 is 5.05. The molecule has 26 heavy (non-hydrogen) atoms. The van der Waals surface area contributed by atoms with Gasteiger partial charge in [0.2, 0.25) is 0 Å². The standard InChI is InChI=1S/C17H13Cl3N2O4/c1-8(23)10-3-5-11(6-4-10)22-16(24)9(2)26-17(25)15-14(20)13(19)12(18)7-21-15/h3-7,9H,1-2H3,(H,22,24)/t9-/m1/s1. The van der Waals surface area contributed by atoms with Gasteiger partial charge in [-0.25, -0.2) is 9.78 Å². The molecule has 1 heterocycles. The third-order valence-electron chi connectivity index (χ3n) is 3.32. The number of nitrogens with zero attached hydrogens (tertiary/aromatic N) is 1. The van der Waals surface area contributed by atoms with Crippen molar-refractivity contribution in [1.82, 2.24) is 4.98 Å². The van der Waals surface area contributed by atoms with Crippen LogP contribution in [-0.4, -0.2) is 28.7 Å². The second-order valence-corrected chi connectivity index (χ2v) is 6.42. The third kappa shape index (κ3) is 4.72. The number of hydrogen-bond donors (Lipinski definition) is 1. The number of halogens is 3. The lowest BCUT2D eigenvalue weighted by atomic mass is 10.1. The van der Waals surface area contributed by atoms with Crippen LogP contribution in [0, 0.1) is 0 Å². The molecular formula is C17H13Cl3N2O4. The molecule has 0 spiro atoms. The topological polar surface area (TPSA) is 85.4 Å². The van der Waals surface area contributed by atoms with Crippen molar-refractivity contribution in [3.8, 4) is 0 Å². The number of nitrogens with one attached hydrogen (secondary N) is 1. The van der Waals surface area contributed by atoms with Gasteiger partial charge in [-0.2, -0.15) is 0 Å². The van der Waals surface area contributed by atoms with Gasteiger partial charge in [0, 0.05) is 17.4 Å². The maximum atomic E-state index is 12.1. The summed E-state index contributed by atoms with van der Waals surface area (Å²) in [6.45, 7) is 2.83. The van der Waals surface area contributed by atoms with Crippen molar-refractivity contribution in [2.75, 3.05) is 5.32 Å². The van der Waals surface area contributed by atoms with Crippen LogP contribution < -0.4 is 5.32 Å². The number of rotatable bonds is 5. The molecule has 1 atom stereocenters. The van der Waals surface area contributed by atoms with Crippen LogP contribution >= 0.6 is 34.8 Å². The minimum atomic E-state index is -1.12. The molecule has 0 aliphatic carbocycles. The monoisotopic (exact) mass is 414 g/mol. The molecule has 9 heteroatoms. The number of amides is 1. The predicted octanol–water partition coefficient (Wildman–Crippen LogP) is 4.43. The van der Waals surface area contributed by atoms with Gasteiger partial charge in [-0.1, -0.05) is 34.8 Å². The molecule has 2 aromatic rings. The van der Waals surface area contributed by atoms with E-state index in [1.54, 1.807) is 24.3 Å². The third-order valence-corrected chi connectivity index (χ3v) is 4.56. The summed E-state index contributed by atoms with van der Waals surface area (Å²) in [4.78, 5) is 39.3. The Kier molecular flexibility index (Phi) is 6.58. The summed E-state index contributed by atoms with van der Waals surface area (Å²) in [5, 5.41) is 2.48. The highest BCUT2D eigenvalue weighted by Crippen LogP contribution is 2.31. The van der Waals surface area contributed by atoms with Gasteiger partial charge in [0.25, 0.3) is 5.91 Å². The molecule has 0 unspecified atom stereocenters. The number of pyridine rings is 1. The van der Waals surface area contributed by atoms with Gasteiger partial charge in [-0.3, -0.25) is 9.59 Å². The number of carbonyl (C=O) groups is 3. The zero-order valence-electron chi connectivity index (χ0n) is 13.7. The molecule has 0 aliphatic heterocycles. The van der Waals surface area contributed by atoms with E-state index in [4.69, 9.17) is 39.5 Å². The van der Waals surface area contributed by atoms with Gasteiger partial charge in [0.1, 0.15) is 0 Å². The normalized spacial score (nSPS) is 11.6. The van der Waals surface area contributed by atoms with E-state index in [2.05, 4.69) is 10.3 Å². The second kappa shape index (κ2) is 8.49. The van der Waals surface area contributed by atoms with Crippen LogP contribution in [0.5, 0.6) is 0 Å². The number of esters is 1. The fraction of sp³-hybridized carbons (Fsp3) is 0.176. The first-order valence-electron chi connectivity index (χ1n) is 7.33. The van der Waals surface area contributed by atoms with E-state index in [0.29, 0.717) is 11.3 Å². The van der Waals surface area contributed by atoms with Gasteiger partial charge >= 0.3 is 5.97 Å². The smallest absolute Gasteiger partial charge is 0.359 e. The maximum absolute atomic E-state index is 12.1. The van der Waals surface area contributed by atoms with Gasteiger partial charge in [-0.05, 0) is 38.1 Å². The number of benzene rings is 1. The first-order chi connectivity index (χ1) is 12.2. The molecule has 0 aliphatic rings. The number of hydrogen-bond acceptors (Lipinski definition) is 5. The number of aromatic nitrogens is 1. The number of ether oxygens (including phenoxy) is 1. The quantitative estimate of drug-likeness (QED) is 0.577. The minimum absolute atomic E-state index is 0.0297. The zero-order chi connectivity index (χ0) is 19.4. The van der Waals surface area contributed by atoms with E-state index in [1.807, 2.05) is 0 Å². The van der Waals surface area contributed by atoms with Crippen LogP contribution in [0.3, 0.4) is 0 Å². The van der Waals surface area contributed by atoms with Crippen LogP contribution in [0.1, 0.15) is 34.7 Å². The minimum Gasteiger partial charge on any atom is -0.448 e. The fourth-order valence-corrected chi connectivity index (χ4v) is 2.45. The van der Waals surface area contributed by atoms with Crippen LogP contribution in [0.2, 0.25) is 15.1 Å². The van der Waals surface area contributed by atoms with Crippen molar-refractivity contribution in [2.45, 2.75) is 20.0 Å². The number of anilines is 1. The molecule has 0 fully saturated rings. The summed E-state index contributed by atoms with van der Waals surface area (Å²) in [5.41, 5.74) is 0.725. The Bertz CT molecular complexity index is 869. The lowest BCUT2D eigenvalue weighted by molar-refractivity contribution is -0.123. The Balaban J connectivity index is 2.03. The van der Waals surface area contributed by atoms with Crippen molar-refractivity contribution >= 4 is 58.1 Å². The van der Waals surface area contributed by atoms with Crippen molar-refractivity contribution in [3.05, 3.63) is 56.8 Å². The van der Waals surface area contributed by atoms with Crippen molar-refractivity contribution in [2.24, 2.45) is 0 Å². The summed E-state index contributed by atoms with van der Waals surface area (Å²) in [7, 11) is 0. The molecule has 2 rings (SSSR count). The van der Waals surface area contributed by atoms with E-state index < -0.39 is 18.0 Å². The van der Waals surface area contributed by atoms with Crippen LogP contribution in [0.25, 0.3) is 0 Å². The number of ketones is 1. The molecule has 136 valence electrons. The molecule has 1 aromatic carbocycles. The van der Waals surface area contributed by atoms with E-state index in [1.165, 1.54) is 13.8 Å².